The highest BCUT2D eigenvalue weighted by Crippen LogP contribution is 2.09. The molecule has 1 heterocycles. The van der Waals surface area contributed by atoms with Gasteiger partial charge in [-0.05, 0) is 6.42 Å². The van der Waals surface area contributed by atoms with Gasteiger partial charge in [0.15, 0.2) is 5.84 Å². The van der Waals surface area contributed by atoms with Gasteiger partial charge in [-0.15, -0.1) is 0 Å². The van der Waals surface area contributed by atoms with Crippen LogP contribution >= 0.6 is 0 Å². The Kier molecular flexibility index (Phi) is 4.74. The zero-order chi connectivity index (χ0) is 12.8. The second-order valence-corrected chi connectivity index (χ2v) is 4.08. The number of amides is 2. The van der Waals surface area contributed by atoms with E-state index in [-0.39, 0.29) is 30.1 Å². The fraction of sp³-hybridized carbons (Fsp3) is 0.700. The van der Waals surface area contributed by atoms with E-state index in [1.807, 2.05) is 6.92 Å². The topological polar surface area (TPSA) is 117 Å². The summed E-state index contributed by atoms with van der Waals surface area (Å²) in [6.45, 7) is 2.34. The first-order valence-corrected chi connectivity index (χ1v) is 5.63. The van der Waals surface area contributed by atoms with Crippen molar-refractivity contribution in [1.29, 1.82) is 0 Å². The van der Waals surface area contributed by atoms with E-state index in [0.29, 0.717) is 13.0 Å². The Morgan fingerprint density at radius 1 is 1.76 bits per heavy atom. The number of nitrogens with one attached hydrogen (secondary N) is 2. The molecule has 0 aromatic carbocycles. The fourth-order valence-electron chi connectivity index (χ4n) is 1.78. The molecule has 2 atom stereocenters. The van der Waals surface area contributed by atoms with Crippen molar-refractivity contribution in [2.75, 3.05) is 6.54 Å². The van der Waals surface area contributed by atoms with Gasteiger partial charge in [0, 0.05) is 13.0 Å². The monoisotopic (exact) mass is 242 g/mol. The molecule has 96 valence electrons. The van der Waals surface area contributed by atoms with E-state index in [2.05, 4.69) is 15.8 Å². The number of carbonyl (C=O) groups excluding carboxylic acids is 2. The van der Waals surface area contributed by atoms with Gasteiger partial charge in [0.1, 0.15) is 0 Å². The fourth-order valence-corrected chi connectivity index (χ4v) is 1.78. The lowest BCUT2D eigenvalue weighted by Gasteiger charge is -2.17. The van der Waals surface area contributed by atoms with Crippen molar-refractivity contribution in [3.8, 4) is 0 Å². The van der Waals surface area contributed by atoms with Crippen LogP contribution in [-0.4, -0.2) is 35.4 Å². The lowest BCUT2D eigenvalue weighted by atomic mass is 10.0. The first-order chi connectivity index (χ1) is 8.08. The maximum absolute atomic E-state index is 11.9. The average molecular weight is 242 g/mol. The molecule has 7 heteroatoms. The normalized spacial score (nSPS) is 22.1. The van der Waals surface area contributed by atoms with E-state index < -0.39 is 5.92 Å². The van der Waals surface area contributed by atoms with E-state index in [0.717, 1.165) is 6.42 Å². The molecule has 1 aliphatic heterocycles. The highest BCUT2D eigenvalue weighted by atomic mass is 16.4. The number of carbonyl (C=O) groups is 2. The molecular formula is C10H18N4O3. The molecule has 1 fully saturated rings. The highest BCUT2D eigenvalue weighted by Gasteiger charge is 2.28. The summed E-state index contributed by atoms with van der Waals surface area (Å²) in [6, 6.07) is -0.208. The van der Waals surface area contributed by atoms with Crippen LogP contribution in [0.25, 0.3) is 0 Å². The maximum atomic E-state index is 11.9. The van der Waals surface area contributed by atoms with Crippen molar-refractivity contribution in [2.45, 2.75) is 32.2 Å². The van der Waals surface area contributed by atoms with Crippen molar-refractivity contribution in [3.63, 3.8) is 0 Å². The molecule has 0 aromatic heterocycles. The summed E-state index contributed by atoms with van der Waals surface area (Å²) in [6.07, 6.45) is 1.53. The maximum Gasteiger partial charge on any atom is 0.231 e. The average Bonchev–Trinajstić information content (AvgIpc) is 2.70. The largest absolute Gasteiger partial charge is 0.409 e. The molecule has 17 heavy (non-hydrogen) atoms. The Morgan fingerprint density at radius 3 is 2.94 bits per heavy atom. The smallest absolute Gasteiger partial charge is 0.231 e. The molecule has 1 aliphatic rings. The van der Waals surface area contributed by atoms with E-state index in [9.17, 15) is 9.59 Å². The summed E-state index contributed by atoms with van der Waals surface area (Å²) in [5.74, 6) is -1.11. The Bertz CT molecular complexity index is 330. The number of rotatable bonds is 5. The Morgan fingerprint density at radius 2 is 2.47 bits per heavy atom. The van der Waals surface area contributed by atoms with Crippen LogP contribution in [0.15, 0.2) is 5.16 Å². The molecule has 7 nitrogen and oxygen atoms in total. The predicted octanol–water partition coefficient (Wildman–Crippen LogP) is -0.846. The van der Waals surface area contributed by atoms with Crippen LogP contribution in [0.3, 0.4) is 0 Å². The quantitative estimate of drug-likeness (QED) is 0.217. The Hall–Kier alpha value is -1.79. The van der Waals surface area contributed by atoms with E-state index in [1.165, 1.54) is 0 Å². The van der Waals surface area contributed by atoms with Gasteiger partial charge < -0.3 is 21.6 Å². The molecule has 2 unspecified atom stereocenters. The summed E-state index contributed by atoms with van der Waals surface area (Å²) in [5.41, 5.74) is 5.46. The van der Waals surface area contributed by atoms with Crippen molar-refractivity contribution < 1.29 is 14.8 Å². The molecule has 5 N–H and O–H groups in total. The second-order valence-electron chi connectivity index (χ2n) is 4.08. The molecular weight excluding hydrogens is 224 g/mol. The number of oxime groups is 1. The standard InChI is InChI=1S/C10H18N4O3/c1-2-3-7(9(11)14-17)10(16)13-6-4-8(15)12-5-6/h6-7,17H,2-5H2,1H3,(H2,11,14)(H,12,15)(H,13,16). The first kappa shape index (κ1) is 13.3. The van der Waals surface area contributed by atoms with E-state index in [4.69, 9.17) is 10.9 Å². The molecule has 2 amide bonds. The third-order valence-electron chi connectivity index (χ3n) is 2.69. The number of nitrogens with zero attached hydrogens (tertiary/aromatic N) is 1. The summed E-state index contributed by atoms with van der Waals surface area (Å²) >= 11 is 0. The summed E-state index contributed by atoms with van der Waals surface area (Å²) < 4.78 is 0. The third kappa shape index (κ3) is 3.61. The minimum absolute atomic E-state index is 0.0776. The predicted molar refractivity (Wildman–Crippen MR) is 61.4 cm³/mol. The third-order valence-corrected chi connectivity index (χ3v) is 2.69. The number of hydrogen-bond donors (Lipinski definition) is 4. The first-order valence-electron chi connectivity index (χ1n) is 5.63. The van der Waals surface area contributed by atoms with Crippen molar-refractivity contribution in [3.05, 3.63) is 0 Å². The number of amidine groups is 1. The van der Waals surface area contributed by atoms with Crippen LogP contribution < -0.4 is 16.4 Å². The van der Waals surface area contributed by atoms with E-state index >= 15 is 0 Å². The van der Waals surface area contributed by atoms with Gasteiger partial charge in [0.2, 0.25) is 11.8 Å². The molecule has 0 bridgehead atoms. The van der Waals surface area contributed by atoms with Crippen LogP contribution in [0.1, 0.15) is 26.2 Å². The summed E-state index contributed by atoms with van der Waals surface area (Å²) in [4.78, 5) is 22.8. The Balaban J connectivity index is 2.56. The minimum Gasteiger partial charge on any atom is -0.409 e. The lowest BCUT2D eigenvalue weighted by Crippen LogP contribution is -2.44. The van der Waals surface area contributed by atoms with Crippen LogP contribution in [0, 0.1) is 5.92 Å². The molecule has 1 saturated heterocycles. The van der Waals surface area contributed by atoms with Crippen LogP contribution in [0.4, 0.5) is 0 Å². The number of hydrogen-bond acceptors (Lipinski definition) is 4. The van der Waals surface area contributed by atoms with Gasteiger partial charge in [-0.3, -0.25) is 9.59 Å². The summed E-state index contributed by atoms with van der Waals surface area (Å²) in [5, 5.41) is 16.8. The van der Waals surface area contributed by atoms with Crippen molar-refractivity contribution in [2.24, 2.45) is 16.8 Å². The van der Waals surface area contributed by atoms with Gasteiger partial charge in [0.05, 0.1) is 12.0 Å². The molecule has 0 aliphatic carbocycles. The van der Waals surface area contributed by atoms with Gasteiger partial charge in [-0.1, -0.05) is 18.5 Å². The van der Waals surface area contributed by atoms with Gasteiger partial charge >= 0.3 is 0 Å². The Labute approximate surface area is 99.4 Å². The van der Waals surface area contributed by atoms with E-state index in [1.54, 1.807) is 0 Å². The van der Waals surface area contributed by atoms with Crippen LogP contribution in [0.2, 0.25) is 0 Å². The van der Waals surface area contributed by atoms with Crippen LogP contribution in [-0.2, 0) is 9.59 Å². The lowest BCUT2D eigenvalue weighted by molar-refractivity contribution is -0.123. The highest BCUT2D eigenvalue weighted by molar-refractivity contribution is 6.02. The van der Waals surface area contributed by atoms with Crippen LogP contribution in [0.5, 0.6) is 0 Å². The minimum atomic E-state index is -0.638. The van der Waals surface area contributed by atoms with Crippen molar-refractivity contribution >= 4 is 17.6 Å². The van der Waals surface area contributed by atoms with Gasteiger partial charge in [0.25, 0.3) is 0 Å². The SMILES string of the molecule is CCCC(C(=O)NC1CNC(=O)C1)C(N)=NO. The van der Waals surface area contributed by atoms with Crippen molar-refractivity contribution in [1.82, 2.24) is 10.6 Å². The second kappa shape index (κ2) is 6.07. The number of nitrogens with two attached hydrogens (primary N) is 1. The molecule has 0 radical (unpaired) electrons. The molecule has 0 saturated carbocycles. The molecule has 1 rings (SSSR count). The van der Waals surface area contributed by atoms with Gasteiger partial charge in [-0.25, -0.2) is 0 Å². The zero-order valence-electron chi connectivity index (χ0n) is 9.77. The summed E-state index contributed by atoms with van der Waals surface area (Å²) in [7, 11) is 0. The molecule has 0 spiro atoms. The zero-order valence-corrected chi connectivity index (χ0v) is 9.77. The molecule has 0 aromatic rings. The van der Waals surface area contributed by atoms with Gasteiger partial charge in [-0.2, -0.15) is 0 Å².